The number of halogens is 1. The second-order valence-electron chi connectivity index (χ2n) is 7.33. The third-order valence-electron chi connectivity index (χ3n) is 4.44. The van der Waals surface area contributed by atoms with Crippen LogP contribution in [0.5, 0.6) is 0 Å². The predicted molar refractivity (Wildman–Crippen MR) is 109 cm³/mol. The standard InChI is InChI=1S/C21H26BFN2O4/c1-14(2)12-19(22(28)29)25-20(26)13-18(16-10-6-7-11-17(16)23)24-21(27)15-8-4-3-5-9-15/h3-11,14,18-19,28-29H,12-13H2,1-2H3,(H,24,27)(H,25,26)/t18?,19-/m0/s1. The normalized spacial score (nSPS) is 12.9. The average Bonchev–Trinajstić information content (AvgIpc) is 2.67. The Labute approximate surface area is 170 Å². The summed E-state index contributed by atoms with van der Waals surface area (Å²) in [5.41, 5.74) is 0.564. The summed E-state index contributed by atoms with van der Waals surface area (Å²) >= 11 is 0. The van der Waals surface area contributed by atoms with Crippen LogP contribution in [0.2, 0.25) is 0 Å². The Morgan fingerprint density at radius 1 is 1.00 bits per heavy atom. The van der Waals surface area contributed by atoms with E-state index in [1.54, 1.807) is 36.4 Å². The van der Waals surface area contributed by atoms with Crippen LogP contribution in [-0.4, -0.2) is 34.9 Å². The van der Waals surface area contributed by atoms with Gasteiger partial charge in [-0.1, -0.05) is 50.2 Å². The first kappa shape index (κ1) is 22.6. The van der Waals surface area contributed by atoms with Gasteiger partial charge in [-0.05, 0) is 30.5 Å². The molecule has 4 N–H and O–H groups in total. The van der Waals surface area contributed by atoms with Gasteiger partial charge in [0.15, 0.2) is 0 Å². The van der Waals surface area contributed by atoms with Crippen molar-refractivity contribution in [2.75, 3.05) is 0 Å². The number of carbonyl (C=O) groups is 2. The van der Waals surface area contributed by atoms with Gasteiger partial charge in [0.1, 0.15) is 5.82 Å². The molecule has 0 spiro atoms. The molecule has 2 amide bonds. The molecule has 154 valence electrons. The molecule has 0 saturated heterocycles. The van der Waals surface area contributed by atoms with Crippen LogP contribution in [-0.2, 0) is 4.79 Å². The predicted octanol–water partition coefficient (Wildman–Crippen LogP) is 2.23. The Bertz CT molecular complexity index is 817. The summed E-state index contributed by atoms with van der Waals surface area (Å²) in [4.78, 5) is 25.1. The van der Waals surface area contributed by atoms with Crippen LogP contribution in [0, 0.1) is 11.7 Å². The van der Waals surface area contributed by atoms with Crippen LogP contribution in [0.4, 0.5) is 4.39 Å². The van der Waals surface area contributed by atoms with E-state index in [1.807, 2.05) is 13.8 Å². The van der Waals surface area contributed by atoms with E-state index in [1.165, 1.54) is 18.2 Å². The van der Waals surface area contributed by atoms with Gasteiger partial charge in [-0.25, -0.2) is 4.39 Å². The molecule has 0 bridgehead atoms. The smallest absolute Gasteiger partial charge is 0.426 e. The molecule has 2 aromatic rings. The van der Waals surface area contributed by atoms with Gasteiger partial charge in [0.2, 0.25) is 5.91 Å². The average molecular weight is 400 g/mol. The zero-order valence-corrected chi connectivity index (χ0v) is 16.5. The van der Waals surface area contributed by atoms with Crippen molar-refractivity contribution in [3.8, 4) is 0 Å². The lowest BCUT2D eigenvalue weighted by Crippen LogP contribution is -2.48. The first-order chi connectivity index (χ1) is 13.8. The number of rotatable bonds is 9. The molecule has 0 fully saturated rings. The summed E-state index contributed by atoms with van der Waals surface area (Å²) in [7, 11) is -1.72. The van der Waals surface area contributed by atoms with E-state index in [0.29, 0.717) is 12.0 Å². The van der Waals surface area contributed by atoms with Gasteiger partial charge < -0.3 is 20.7 Å². The Balaban J connectivity index is 2.18. The van der Waals surface area contributed by atoms with Crippen LogP contribution in [0.15, 0.2) is 54.6 Å². The lowest BCUT2D eigenvalue weighted by atomic mass is 9.75. The van der Waals surface area contributed by atoms with Crippen molar-refractivity contribution in [2.24, 2.45) is 5.92 Å². The number of amides is 2. The maximum atomic E-state index is 14.3. The van der Waals surface area contributed by atoms with Crippen molar-refractivity contribution in [1.29, 1.82) is 0 Å². The lowest BCUT2D eigenvalue weighted by Gasteiger charge is -2.23. The van der Waals surface area contributed by atoms with Gasteiger partial charge in [0, 0.05) is 11.1 Å². The fraction of sp³-hybridized carbons (Fsp3) is 0.333. The summed E-state index contributed by atoms with van der Waals surface area (Å²) in [6, 6.07) is 13.4. The SMILES string of the molecule is CC(C)C[C@H](NC(=O)CC(NC(=O)c1ccccc1)c1ccccc1F)B(O)O. The van der Waals surface area contributed by atoms with Crippen molar-refractivity contribution in [2.45, 2.75) is 38.7 Å². The van der Waals surface area contributed by atoms with E-state index in [0.717, 1.165) is 0 Å². The highest BCUT2D eigenvalue weighted by Gasteiger charge is 2.28. The number of hydrogen-bond acceptors (Lipinski definition) is 4. The molecule has 0 heterocycles. The van der Waals surface area contributed by atoms with E-state index >= 15 is 0 Å². The Kier molecular flexibility index (Phi) is 8.36. The first-order valence-corrected chi connectivity index (χ1v) is 9.53. The third-order valence-corrected chi connectivity index (χ3v) is 4.44. The topological polar surface area (TPSA) is 98.7 Å². The molecular weight excluding hydrogens is 374 g/mol. The number of carbonyl (C=O) groups excluding carboxylic acids is 2. The lowest BCUT2D eigenvalue weighted by molar-refractivity contribution is -0.122. The maximum Gasteiger partial charge on any atom is 0.475 e. The minimum absolute atomic E-state index is 0.127. The van der Waals surface area contributed by atoms with Crippen molar-refractivity contribution in [3.05, 3.63) is 71.5 Å². The summed E-state index contributed by atoms with van der Waals surface area (Å²) in [5.74, 6) is -2.23. The monoisotopic (exact) mass is 400 g/mol. The minimum atomic E-state index is -1.72. The van der Waals surface area contributed by atoms with Crippen LogP contribution < -0.4 is 10.6 Å². The van der Waals surface area contributed by atoms with Crippen LogP contribution in [0.3, 0.4) is 0 Å². The number of nitrogens with one attached hydrogen (secondary N) is 2. The molecule has 2 aromatic carbocycles. The van der Waals surface area contributed by atoms with Crippen LogP contribution in [0.1, 0.15) is 48.7 Å². The Morgan fingerprint density at radius 2 is 1.62 bits per heavy atom. The number of hydrogen-bond donors (Lipinski definition) is 4. The summed E-state index contributed by atoms with van der Waals surface area (Å²) in [5, 5.41) is 24.3. The van der Waals surface area contributed by atoms with Gasteiger partial charge in [-0.15, -0.1) is 0 Å². The van der Waals surface area contributed by atoms with Crippen molar-refractivity contribution >= 4 is 18.9 Å². The zero-order valence-electron chi connectivity index (χ0n) is 16.5. The second-order valence-corrected chi connectivity index (χ2v) is 7.33. The van der Waals surface area contributed by atoms with Gasteiger partial charge in [-0.3, -0.25) is 9.59 Å². The molecule has 2 atom stereocenters. The molecule has 8 heteroatoms. The molecule has 29 heavy (non-hydrogen) atoms. The molecule has 0 aliphatic rings. The van der Waals surface area contributed by atoms with E-state index in [9.17, 15) is 24.0 Å². The van der Waals surface area contributed by atoms with Gasteiger partial charge in [0.05, 0.1) is 18.4 Å². The summed E-state index contributed by atoms with van der Waals surface area (Å²) in [6.07, 6.45) is 0.116. The van der Waals surface area contributed by atoms with E-state index < -0.39 is 36.7 Å². The summed E-state index contributed by atoms with van der Waals surface area (Å²) < 4.78 is 14.3. The number of benzene rings is 2. The highest BCUT2D eigenvalue weighted by Crippen LogP contribution is 2.21. The van der Waals surface area contributed by atoms with E-state index in [2.05, 4.69) is 10.6 Å². The van der Waals surface area contributed by atoms with E-state index in [4.69, 9.17) is 0 Å². The highest BCUT2D eigenvalue weighted by atomic mass is 19.1. The highest BCUT2D eigenvalue weighted by molar-refractivity contribution is 6.43. The molecule has 6 nitrogen and oxygen atoms in total. The quantitative estimate of drug-likeness (QED) is 0.485. The van der Waals surface area contributed by atoms with Crippen molar-refractivity contribution < 1.29 is 24.0 Å². The molecule has 0 saturated carbocycles. The zero-order chi connectivity index (χ0) is 21.4. The second kappa shape index (κ2) is 10.7. The maximum absolute atomic E-state index is 14.3. The largest absolute Gasteiger partial charge is 0.475 e. The molecule has 1 unspecified atom stereocenters. The molecule has 0 aliphatic heterocycles. The molecule has 2 rings (SSSR count). The molecular formula is C21H26BFN2O4. The Hall–Kier alpha value is -2.71. The Morgan fingerprint density at radius 3 is 2.21 bits per heavy atom. The van der Waals surface area contributed by atoms with Gasteiger partial charge in [0.25, 0.3) is 5.91 Å². The van der Waals surface area contributed by atoms with E-state index in [-0.39, 0.29) is 17.9 Å². The van der Waals surface area contributed by atoms with Crippen LogP contribution >= 0.6 is 0 Å². The van der Waals surface area contributed by atoms with Gasteiger partial charge >= 0.3 is 7.12 Å². The molecule has 0 radical (unpaired) electrons. The fourth-order valence-electron chi connectivity index (χ4n) is 3.04. The van der Waals surface area contributed by atoms with Crippen LogP contribution in [0.25, 0.3) is 0 Å². The van der Waals surface area contributed by atoms with Gasteiger partial charge in [-0.2, -0.15) is 0 Å². The molecule has 0 aromatic heterocycles. The first-order valence-electron chi connectivity index (χ1n) is 9.53. The van der Waals surface area contributed by atoms with Crippen molar-refractivity contribution in [3.63, 3.8) is 0 Å². The molecule has 0 aliphatic carbocycles. The fourth-order valence-corrected chi connectivity index (χ4v) is 3.04. The summed E-state index contributed by atoms with van der Waals surface area (Å²) in [6.45, 7) is 3.79. The third kappa shape index (κ3) is 7.00. The van der Waals surface area contributed by atoms with Crippen molar-refractivity contribution in [1.82, 2.24) is 10.6 Å². The minimum Gasteiger partial charge on any atom is -0.426 e.